The van der Waals surface area contributed by atoms with Crippen LogP contribution in [-0.2, 0) is 11.3 Å². The Balaban J connectivity index is 1.48. The van der Waals surface area contributed by atoms with Gasteiger partial charge in [0.2, 0.25) is 5.91 Å². The second-order valence-electron chi connectivity index (χ2n) is 6.91. The number of amides is 2. The van der Waals surface area contributed by atoms with Crippen molar-refractivity contribution in [3.63, 3.8) is 0 Å². The van der Waals surface area contributed by atoms with Gasteiger partial charge in [-0.25, -0.2) is 0 Å². The Morgan fingerprint density at radius 2 is 1.59 bits per heavy atom. The molecule has 0 saturated carbocycles. The summed E-state index contributed by atoms with van der Waals surface area (Å²) in [5.74, 6) is 1.51. The fourth-order valence-electron chi connectivity index (χ4n) is 2.95. The van der Waals surface area contributed by atoms with Crippen LogP contribution in [0.5, 0.6) is 17.2 Å². The van der Waals surface area contributed by atoms with Crippen LogP contribution >= 0.6 is 0 Å². The largest absolute Gasteiger partial charge is 0.497 e. The fourth-order valence-corrected chi connectivity index (χ4v) is 2.95. The highest BCUT2D eigenvalue weighted by Crippen LogP contribution is 2.29. The molecule has 2 N–H and O–H groups in total. The van der Waals surface area contributed by atoms with Crippen molar-refractivity contribution in [2.45, 2.75) is 13.0 Å². The summed E-state index contributed by atoms with van der Waals surface area (Å²) >= 11 is 0. The average molecular weight is 434 g/mol. The standard InChI is InChI=1S/C25H26N2O5/c1-30-21-12-13-23(31-2)22(16-21)27-25(29)19-10-8-18(9-11-19)17-26-24(28)14-15-32-20-6-4-3-5-7-20/h3-13,16H,14-15,17H2,1-2H3,(H,26,28)(H,27,29). The van der Waals surface area contributed by atoms with Crippen LogP contribution in [0.1, 0.15) is 22.3 Å². The Morgan fingerprint density at radius 3 is 2.28 bits per heavy atom. The molecule has 3 rings (SSSR count). The van der Waals surface area contributed by atoms with Crippen LogP contribution < -0.4 is 24.8 Å². The number of hydrogen-bond acceptors (Lipinski definition) is 5. The van der Waals surface area contributed by atoms with Crippen LogP contribution in [0.15, 0.2) is 72.8 Å². The second-order valence-corrected chi connectivity index (χ2v) is 6.91. The molecular weight excluding hydrogens is 408 g/mol. The molecule has 0 saturated heterocycles. The molecule has 0 aromatic heterocycles. The maximum absolute atomic E-state index is 12.6. The van der Waals surface area contributed by atoms with Gasteiger partial charge in [0, 0.05) is 18.2 Å². The number of benzene rings is 3. The third kappa shape index (κ3) is 6.50. The summed E-state index contributed by atoms with van der Waals surface area (Å²) in [7, 11) is 3.09. The Labute approximate surface area is 187 Å². The maximum atomic E-state index is 12.6. The molecular formula is C25H26N2O5. The van der Waals surface area contributed by atoms with Gasteiger partial charge in [0.15, 0.2) is 0 Å². The van der Waals surface area contributed by atoms with Gasteiger partial charge in [-0.1, -0.05) is 30.3 Å². The summed E-state index contributed by atoms with van der Waals surface area (Å²) in [6.07, 6.45) is 0.262. The zero-order valence-electron chi connectivity index (χ0n) is 18.1. The summed E-state index contributed by atoms with van der Waals surface area (Å²) < 4.78 is 16.0. The van der Waals surface area contributed by atoms with Gasteiger partial charge in [-0.15, -0.1) is 0 Å². The molecule has 3 aromatic rings. The van der Waals surface area contributed by atoms with E-state index in [0.717, 1.165) is 11.3 Å². The number of para-hydroxylation sites is 1. The average Bonchev–Trinajstić information content (AvgIpc) is 2.83. The summed E-state index contributed by atoms with van der Waals surface area (Å²) in [4.78, 5) is 24.6. The van der Waals surface area contributed by atoms with E-state index in [2.05, 4.69) is 10.6 Å². The van der Waals surface area contributed by atoms with Gasteiger partial charge in [0.25, 0.3) is 5.91 Å². The number of methoxy groups -OCH3 is 2. The summed E-state index contributed by atoms with van der Waals surface area (Å²) in [5, 5.41) is 5.68. The monoisotopic (exact) mass is 434 g/mol. The normalized spacial score (nSPS) is 10.2. The van der Waals surface area contributed by atoms with E-state index in [9.17, 15) is 9.59 Å². The SMILES string of the molecule is COc1ccc(OC)c(NC(=O)c2ccc(CNC(=O)CCOc3ccccc3)cc2)c1. The minimum Gasteiger partial charge on any atom is -0.497 e. The van der Waals surface area contributed by atoms with Gasteiger partial charge in [0.1, 0.15) is 17.2 Å². The summed E-state index contributed by atoms with van der Waals surface area (Å²) in [6, 6.07) is 21.6. The zero-order chi connectivity index (χ0) is 22.8. The third-order valence-corrected chi connectivity index (χ3v) is 4.70. The van der Waals surface area contributed by atoms with E-state index in [0.29, 0.717) is 35.9 Å². The molecule has 7 nitrogen and oxygen atoms in total. The molecule has 0 aliphatic heterocycles. The van der Waals surface area contributed by atoms with Crippen LogP contribution in [0.3, 0.4) is 0 Å². The van der Waals surface area contributed by atoms with E-state index in [1.54, 1.807) is 49.6 Å². The fraction of sp³-hybridized carbons (Fsp3) is 0.200. The number of ether oxygens (including phenoxy) is 3. The first-order valence-electron chi connectivity index (χ1n) is 10.2. The molecule has 0 bridgehead atoms. The van der Waals surface area contributed by atoms with Crippen LogP contribution in [0.4, 0.5) is 5.69 Å². The molecule has 0 atom stereocenters. The van der Waals surface area contributed by atoms with Gasteiger partial charge >= 0.3 is 0 Å². The highest BCUT2D eigenvalue weighted by Gasteiger charge is 2.11. The lowest BCUT2D eigenvalue weighted by Gasteiger charge is -2.12. The zero-order valence-corrected chi connectivity index (χ0v) is 18.1. The molecule has 166 valence electrons. The number of nitrogens with one attached hydrogen (secondary N) is 2. The lowest BCUT2D eigenvalue weighted by atomic mass is 10.1. The van der Waals surface area contributed by atoms with Gasteiger partial charge in [-0.05, 0) is 42.0 Å². The summed E-state index contributed by atoms with van der Waals surface area (Å²) in [5.41, 5.74) is 1.89. The molecule has 3 aromatic carbocycles. The van der Waals surface area contributed by atoms with Crippen molar-refractivity contribution in [1.82, 2.24) is 5.32 Å². The maximum Gasteiger partial charge on any atom is 0.255 e. The number of anilines is 1. The van der Waals surface area contributed by atoms with E-state index < -0.39 is 0 Å². The van der Waals surface area contributed by atoms with Gasteiger partial charge in [-0.2, -0.15) is 0 Å². The van der Waals surface area contributed by atoms with E-state index in [4.69, 9.17) is 14.2 Å². The number of carbonyl (C=O) groups is 2. The van der Waals surface area contributed by atoms with E-state index in [1.165, 1.54) is 7.11 Å². The second kappa shape index (κ2) is 11.4. The first kappa shape index (κ1) is 22.7. The molecule has 7 heteroatoms. The molecule has 0 aliphatic rings. The summed E-state index contributed by atoms with van der Waals surface area (Å²) in [6.45, 7) is 0.679. The van der Waals surface area contributed by atoms with E-state index >= 15 is 0 Å². The van der Waals surface area contributed by atoms with Crippen molar-refractivity contribution in [2.24, 2.45) is 0 Å². The van der Waals surface area contributed by atoms with Gasteiger partial charge in [-0.3, -0.25) is 9.59 Å². The Morgan fingerprint density at radius 1 is 0.844 bits per heavy atom. The third-order valence-electron chi connectivity index (χ3n) is 4.70. The predicted molar refractivity (Wildman–Crippen MR) is 122 cm³/mol. The number of carbonyl (C=O) groups excluding carboxylic acids is 2. The van der Waals surface area contributed by atoms with Crippen molar-refractivity contribution in [1.29, 1.82) is 0 Å². The smallest absolute Gasteiger partial charge is 0.255 e. The lowest BCUT2D eigenvalue weighted by molar-refractivity contribution is -0.121. The van der Waals surface area contributed by atoms with Crippen molar-refractivity contribution in [3.05, 3.63) is 83.9 Å². The van der Waals surface area contributed by atoms with E-state index in [1.807, 2.05) is 30.3 Å². The Bertz CT molecular complexity index is 1040. The Hall–Kier alpha value is -4.00. The predicted octanol–water partition coefficient (Wildman–Crippen LogP) is 4.04. The molecule has 0 fully saturated rings. The molecule has 2 amide bonds. The molecule has 0 heterocycles. The van der Waals surface area contributed by atoms with Crippen LogP contribution in [0, 0.1) is 0 Å². The highest BCUT2D eigenvalue weighted by atomic mass is 16.5. The van der Waals surface area contributed by atoms with Gasteiger partial charge < -0.3 is 24.8 Å². The van der Waals surface area contributed by atoms with Crippen molar-refractivity contribution < 1.29 is 23.8 Å². The van der Waals surface area contributed by atoms with Crippen molar-refractivity contribution in [2.75, 3.05) is 26.1 Å². The van der Waals surface area contributed by atoms with E-state index in [-0.39, 0.29) is 18.2 Å². The van der Waals surface area contributed by atoms with Gasteiger partial charge in [0.05, 0.1) is 32.9 Å². The first-order chi connectivity index (χ1) is 15.6. The Kier molecular flexibility index (Phi) is 8.09. The molecule has 32 heavy (non-hydrogen) atoms. The number of rotatable bonds is 10. The van der Waals surface area contributed by atoms with Crippen molar-refractivity contribution in [3.8, 4) is 17.2 Å². The molecule has 0 unspecified atom stereocenters. The molecule has 0 spiro atoms. The topological polar surface area (TPSA) is 85.9 Å². The minimum atomic E-state index is -0.273. The molecule has 0 aliphatic carbocycles. The minimum absolute atomic E-state index is 0.104. The first-order valence-corrected chi connectivity index (χ1v) is 10.2. The quantitative estimate of drug-likeness (QED) is 0.503. The molecule has 0 radical (unpaired) electrons. The highest BCUT2D eigenvalue weighted by molar-refractivity contribution is 6.05. The van der Waals surface area contributed by atoms with Crippen LogP contribution in [-0.4, -0.2) is 32.6 Å². The van der Waals surface area contributed by atoms with Crippen LogP contribution in [0.25, 0.3) is 0 Å². The van der Waals surface area contributed by atoms with Crippen molar-refractivity contribution >= 4 is 17.5 Å². The lowest BCUT2D eigenvalue weighted by Crippen LogP contribution is -2.24. The van der Waals surface area contributed by atoms with Crippen LogP contribution in [0.2, 0.25) is 0 Å². The number of hydrogen-bond donors (Lipinski definition) is 2.